The Labute approximate surface area is 145 Å². The fraction of sp³-hybridized carbons (Fsp3) is 0.316. The van der Waals surface area contributed by atoms with Gasteiger partial charge in [0.05, 0.1) is 11.8 Å². The standard InChI is InChI=1S/C19H19BrN2O/c1-3-19-22-17(15-10-14(20)8-9-18(15)23-19)11-16(21-22)13-6-4-12(2)5-7-13/h4-10,17,19H,3,11H2,1-2H3/t17-,19-/m1/s1. The molecule has 2 atom stereocenters. The predicted octanol–water partition coefficient (Wildman–Crippen LogP) is 5.04. The molecule has 0 spiro atoms. The third kappa shape index (κ3) is 2.55. The van der Waals surface area contributed by atoms with Crippen LogP contribution in [0, 0.1) is 6.92 Å². The fourth-order valence-electron chi connectivity index (χ4n) is 3.32. The summed E-state index contributed by atoms with van der Waals surface area (Å²) in [4.78, 5) is 0. The lowest BCUT2D eigenvalue weighted by Gasteiger charge is -2.37. The van der Waals surface area contributed by atoms with Crippen molar-refractivity contribution in [3.05, 3.63) is 63.6 Å². The molecule has 3 nitrogen and oxygen atoms in total. The number of fused-ring (bicyclic) bond motifs is 3. The number of hydrazone groups is 1. The molecule has 0 amide bonds. The third-order valence-corrected chi connectivity index (χ3v) is 5.06. The van der Waals surface area contributed by atoms with Crippen LogP contribution in [0.2, 0.25) is 0 Å². The van der Waals surface area contributed by atoms with Crippen molar-refractivity contribution < 1.29 is 4.74 Å². The minimum atomic E-state index is 0.0108. The van der Waals surface area contributed by atoms with Gasteiger partial charge in [0.2, 0.25) is 0 Å². The Hall–Kier alpha value is -1.81. The molecule has 2 aromatic rings. The van der Waals surface area contributed by atoms with E-state index in [9.17, 15) is 0 Å². The highest BCUT2D eigenvalue weighted by Crippen LogP contribution is 2.44. The Morgan fingerprint density at radius 1 is 1.22 bits per heavy atom. The summed E-state index contributed by atoms with van der Waals surface area (Å²) in [7, 11) is 0. The van der Waals surface area contributed by atoms with E-state index in [1.54, 1.807) is 0 Å². The van der Waals surface area contributed by atoms with E-state index in [0.29, 0.717) is 0 Å². The lowest BCUT2D eigenvalue weighted by Crippen LogP contribution is -2.39. The summed E-state index contributed by atoms with van der Waals surface area (Å²) >= 11 is 3.58. The molecule has 23 heavy (non-hydrogen) atoms. The van der Waals surface area contributed by atoms with Crippen molar-refractivity contribution in [3.63, 3.8) is 0 Å². The molecular formula is C19H19BrN2O. The number of halogens is 1. The molecule has 0 bridgehead atoms. The van der Waals surface area contributed by atoms with Crippen molar-refractivity contribution in [2.75, 3.05) is 0 Å². The molecule has 2 aliphatic rings. The van der Waals surface area contributed by atoms with Gasteiger partial charge in [-0.2, -0.15) is 5.10 Å². The van der Waals surface area contributed by atoms with Crippen molar-refractivity contribution in [2.45, 2.75) is 39.0 Å². The Balaban J connectivity index is 1.73. The third-order valence-electron chi connectivity index (χ3n) is 4.57. The molecule has 0 fully saturated rings. The average Bonchev–Trinajstić information content (AvgIpc) is 3.00. The predicted molar refractivity (Wildman–Crippen MR) is 95.8 cm³/mol. The topological polar surface area (TPSA) is 24.8 Å². The van der Waals surface area contributed by atoms with Crippen LogP contribution >= 0.6 is 15.9 Å². The summed E-state index contributed by atoms with van der Waals surface area (Å²) in [6, 6.07) is 15.1. The molecule has 0 radical (unpaired) electrons. The smallest absolute Gasteiger partial charge is 0.187 e. The van der Waals surface area contributed by atoms with Gasteiger partial charge in [-0.1, -0.05) is 52.7 Å². The number of ether oxygens (including phenoxy) is 1. The molecular weight excluding hydrogens is 352 g/mol. The van der Waals surface area contributed by atoms with Gasteiger partial charge in [0.25, 0.3) is 0 Å². The van der Waals surface area contributed by atoms with Crippen LogP contribution in [0.3, 0.4) is 0 Å². The van der Waals surface area contributed by atoms with Crippen LogP contribution in [-0.2, 0) is 0 Å². The zero-order valence-electron chi connectivity index (χ0n) is 13.3. The van der Waals surface area contributed by atoms with Gasteiger partial charge in [0, 0.05) is 22.9 Å². The highest BCUT2D eigenvalue weighted by atomic mass is 79.9. The van der Waals surface area contributed by atoms with E-state index in [2.05, 4.69) is 71.2 Å². The van der Waals surface area contributed by atoms with Crippen molar-refractivity contribution in [2.24, 2.45) is 5.10 Å². The summed E-state index contributed by atoms with van der Waals surface area (Å²) in [6.45, 7) is 4.25. The number of hydrogen-bond donors (Lipinski definition) is 0. The number of benzene rings is 2. The van der Waals surface area contributed by atoms with Gasteiger partial charge in [-0.15, -0.1) is 0 Å². The van der Waals surface area contributed by atoms with Crippen molar-refractivity contribution in [3.8, 4) is 5.75 Å². The first-order chi connectivity index (χ1) is 11.2. The van der Waals surface area contributed by atoms with Gasteiger partial charge in [-0.05, 0) is 30.7 Å². The van der Waals surface area contributed by atoms with Gasteiger partial charge in [-0.3, -0.25) is 5.01 Å². The van der Waals surface area contributed by atoms with E-state index in [0.717, 1.165) is 28.8 Å². The minimum absolute atomic E-state index is 0.0108. The zero-order chi connectivity index (χ0) is 16.0. The summed E-state index contributed by atoms with van der Waals surface area (Å²) in [6.07, 6.45) is 1.85. The quantitative estimate of drug-likeness (QED) is 0.739. The van der Waals surface area contributed by atoms with Gasteiger partial charge < -0.3 is 4.74 Å². The van der Waals surface area contributed by atoms with Crippen LogP contribution in [0.15, 0.2) is 52.0 Å². The van der Waals surface area contributed by atoms with E-state index >= 15 is 0 Å². The molecule has 0 aliphatic carbocycles. The van der Waals surface area contributed by atoms with Gasteiger partial charge in [-0.25, -0.2) is 0 Å². The van der Waals surface area contributed by atoms with Crippen molar-refractivity contribution in [1.29, 1.82) is 0 Å². The summed E-state index contributed by atoms with van der Waals surface area (Å²) < 4.78 is 7.23. The van der Waals surface area contributed by atoms with E-state index in [4.69, 9.17) is 9.84 Å². The maximum atomic E-state index is 6.15. The molecule has 118 valence electrons. The van der Waals surface area contributed by atoms with Crippen molar-refractivity contribution in [1.82, 2.24) is 5.01 Å². The SMILES string of the molecule is CC[C@H]1Oc2ccc(Br)cc2[C@H]2CC(c3ccc(C)cc3)=NN21. The largest absolute Gasteiger partial charge is 0.469 e. The summed E-state index contributed by atoms with van der Waals surface area (Å²) in [5, 5.41) is 7.04. The van der Waals surface area contributed by atoms with Gasteiger partial charge >= 0.3 is 0 Å². The Bertz CT molecular complexity index is 769. The highest BCUT2D eigenvalue weighted by Gasteiger charge is 2.39. The molecule has 4 rings (SSSR count). The van der Waals surface area contributed by atoms with Gasteiger partial charge in [0.15, 0.2) is 6.23 Å². The van der Waals surface area contributed by atoms with Crippen LogP contribution < -0.4 is 4.74 Å². The summed E-state index contributed by atoms with van der Waals surface area (Å²) in [5.41, 5.74) is 4.84. The maximum Gasteiger partial charge on any atom is 0.187 e. The molecule has 2 aliphatic heterocycles. The maximum absolute atomic E-state index is 6.15. The lowest BCUT2D eigenvalue weighted by molar-refractivity contribution is -0.0188. The Morgan fingerprint density at radius 2 is 2.00 bits per heavy atom. The van der Waals surface area contributed by atoms with Gasteiger partial charge in [0.1, 0.15) is 5.75 Å². The summed E-state index contributed by atoms with van der Waals surface area (Å²) in [5.74, 6) is 0.988. The van der Waals surface area contributed by atoms with Crippen LogP contribution in [0.5, 0.6) is 5.75 Å². The normalized spacial score (nSPS) is 22.2. The Kier molecular flexibility index (Phi) is 3.64. The first kappa shape index (κ1) is 14.8. The number of rotatable bonds is 2. The second-order valence-corrected chi connectivity index (χ2v) is 7.09. The number of nitrogens with zero attached hydrogens (tertiary/aromatic N) is 2. The monoisotopic (exact) mass is 370 g/mol. The van der Waals surface area contributed by atoms with E-state index in [1.807, 2.05) is 6.07 Å². The molecule has 0 unspecified atom stereocenters. The molecule has 0 aromatic heterocycles. The average molecular weight is 371 g/mol. The van der Waals surface area contributed by atoms with E-state index in [-0.39, 0.29) is 12.3 Å². The highest BCUT2D eigenvalue weighted by molar-refractivity contribution is 9.10. The van der Waals surface area contributed by atoms with Crippen LogP contribution in [0.1, 0.15) is 42.5 Å². The fourth-order valence-corrected chi connectivity index (χ4v) is 3.70. The zero-order valence-corrected chi connectivity index (χ0v) is 14.9. The molecule has 0 saturated heterocycles. The molecule has 0 N–H and O–H groups in total. The molecule has 2 aromatic carbocycles. The minimum Gasteiger partial charge on any atom is -0.469 e. The Morgan fingerprint density at radius 3 is 2.74 bits per heavy atom. The lowest BCUT2D eigenvalue weighted by atomic mass is 9.96. The number of aryl methyl sites for hydroxylation is 1. The number of hydrogen-bond acceptors (Lipinski definition) is 3. The van der Waals surface area contributed by atoms with E-state index < -0.39 is 0 Å². The first-order valence-electron chi connectivity index (χ1n) is 8.04. The molecule has 0 saturated carbocycles. The van der Waals surface area contributed by atoms with E-state index in [1.165, 1.54) is 16.7 Å². The second-order valence-electron chi connectivity index (χ2n) is 6.18. The first-order valence-corrected chi connectivity index (χ1v) is 8.84. The van der Waals surface area contributed by atoms with Crippen LogP contribution in [-0.4, -0.2) is 16.9 Å². The molecule has 2 heterocycles. The van der Waals surface area contributed by atoms with Crippen LogP contribution in [0.4, 0.5) is 0 Å². The second kappa shape index (κ2) is 5.68. The van der Waals surface area contributed by atoms with Crippen molar-refractivity contribution >= 4 is 21.6 Å². The van der Waals surface area contributed by atoms with Crippen LogP contribution in [0.25, 0.3) is 0 Å². The molecule has 4 heteroatoms.